The summed E-state index contributed by atoms with van der Waals surface area (Å²) >= 11 is 2.14. The second kappa shape index (κ2) is 6.36. The lowest BCUT2D eigenvalue weighted by Gasteiger charge is -2.08. The first-order valence-electron chi connectivity index (χ1n) is 5.69. The largest absolute Gasteiger partial charge is 0.435 e. The molecule has 0 atom stereocenters. The van der Waals surface area contributed by atoms with E-state index >= 15 is 0 Å². The van der Waals surface area contributed by atoms with Gasteiger partial charge in [0.1, 0.15) is 5.01 Å². The monoisotopic (exact) mass is 360 g/mol. The Kier molecular flexibility index (Phi) is 4.90. The molecule has 0 bridgehead atoms. The van der Waals surface area contributed by atoms with Crippen molar-refractivity contribution in [3.8, 4) is 5.88 Å². The first kappa shape index (κ1) is 16.9. The van der Waals surface area contributed by atoms with Crippen molar-refractivity contribution in [1.29, 1.82) is 0 Å². The molecule has 0 N–H and O–H groups in total. The summed E-state index contributed by atoms with van der Waals surface area (Å²) < 4.78 is 68.9. The number of alkyl halides is 5. The van der Waals surface area contributed by atoms with Crippen LogP contribution in [-0.2, 0) is 19.0 Å². The van der Waals surface area contributed by atoms with Crippen molar-refractivity contribution in [3.05, 3.63) is 16.3 Å². The number of hydrogen-bond donors (Lipinski definition) is 0. The first-order chi connectivity index (χ1) is 10.2. The van der Waals surface area contributed by atoms with Crippen LogP contribution in [0.15, 0.2) is 4.34 Å². The summed E-state index contributed by atoms with van der Waals surface area (Å²) in [5, 5.41) is 11.4. The fourth-order valence-corrected chi connectivity index (χ4v) is 3.43. The molecule has 0 fully saturated rings. The number of hydrogen-bond acceptors (Lipinski definition) is 6. The third kappa shape index (κ3) is 3.85. The van der Waals surface area contributed by atoms with Gasteiger partial charge >= 0.3 is 12.8 Å². The lowest BCUT2D eigenvalue weighted by molar-refractivity contribution is -0.142. The van der Waals surface area contributed by atoms with Gasteiger partial charge in [-0.15, -0.1) is 10.2 Å². The highest BCUT2D eigenvalue weighted by Crippen LogP contribution is 2.39. The van der Waals surface area contributed by atoms with Gasteiger partial charge in [0, 0.05) is 12.8 Å². The van der Waals surface area contributed by atoms with Crippen LogP contribution in [0.5, 0.6) is 5.88 Å². The van der Waals surface area contributed by atoms with E-state index in [4.69, 9.17) is 0 Å². The molecule has 2 aromatic heterocycles. The highest BCUT2D eigenvalue weighted by molar-refractivity contribution is 8.00. The Hall–Kier alpha value is -1.43. The van der Waals surface area contributed by atoms with Crippen molar-refractivity contribution in [2.24, 2.45) is 7.05 Å². The van der Waals surface area contributed by atoms with E-state index in [0.717, 1.165) is 18.8 Å². The zero-order chi connectivity index (χ0) is 16.5. The Morgan fingerprint density at radius 2 is 2.00 bits per heavy atom. The Morgan fingerprint density at radius 3 is 2.50 bits per heavy atom. The third-order valence-electron chi connectivity index (χ3n) is 2.40. The lowest BCUT2D eigenvalue weighted by atomic mass is 10.2. The molecule has 2 aromatic rings. The topological polar surface area (TPSA) is 52.8 Å². The van der Waals surface area contributed by atoms with Gasteiger partial charge in [0.05, 0.1) is 5.56 Å². The molecule has 22 heavy (non-hydrogen) atoms. The van der Waals surface area contributed by atoms with Crippen LogP contribution in [0, 0.1) is 6.92 Å². The Labute approximate surface area is 129 Å². The Bertz CT molecular complexity index is 654. The van der Waals surface area contributed by atoms with Gasteiger partial charge in [-0.2, -0.15) is 27.1 Å². The number of ether oxygens (including phenoxy) is 1. The van der Waals surface area contributed by atoms with Crippen LogP contribution >= 0.6 is 23.1 Å². The third-order valence-corrected chi connectivity index (χ3v) is 4.40. The molecule has 0 spiro atoms. The number of thioether (sulfide) groups is 1. The van der Waals surface area contributed by atoms with Gasteiger partial charge in [0.2, 0.25) is 5.88 Å². The lowest BCUT2D eigenvalue weighted by Crippen LogP contribution is -2.09. The summed E-state index contributed by atoms with van der Waals surface area (Å²) in [6.07, 6.45) is -4.77. The molecule has 0 radical (unpaired) electrons. The number of halogens is 5. The van der Waals surface area contributed by atoms with Gasteiger partial charge in [-0.25, -0.2) is 4.68 Å². The van der Waals surface area contributed by atoms with Crippen LogP contribution in [0.25, 0.3) is 0 Å². The molecule has 0 saturated carbocycles. The maximum absolute atomic E-state index is 13.0. The fourth-order valence-electron chi connectivity index (χ4n) is 1.61. The van der Waals surface area contributed by atoms with E-state index in [2.05, 4.69) is 20.0 Å². The Balaban J connectivity index is 2.32. The molecule has 2 rings (SSSR count). The van der Waals surface area contributed by atoms with Crippen molar-refractivity contribution in [2.45, 2.75) is 29.8 Å². The van der Waals surface area contributed by atoms with Gasteiger partial charge in [-0.05, 0) is 6.92 Å². The number of nitrogens with zero attached hydrogens (tertiary/aromatic N) is 4. The zero-order valence-corrected chi connectivity index (χ0v) is 12.8. The van der Waals surface area contributed by atoms with E-state index in [9.17, 15) is 22.0 Å². The van der Waals surface area contributed by atoms with Crippen LogP contribution in [-0.4, -0.2) is 26.6 Å². The Morgan fingerprint density at radius 1 is 1.32 bits per heavy atom. The van der Waals surface area contributed by atoms with Gasteiger partial charge in [0.15, 0.2) is 10.0 Å². The van der Waals surface area contributed by atoms with Crippen molar-refractivity contribution >= 4 is 23.1 Å². The van der Waals surface area contributed by atoms with Crippen LogP contribution in [0.1, 0.15) is 16.3 Å². The molecule has 122 valence electrons. The van der Waals surface area contributed by atoms with Crippen LogP contribution in [0.3, 0.4) is 0 Å². The highest BCUT2D eigenvalue weighted by Gasteiger charge is 2.39. The molecule has 12 heteroatoms. The number of rotatable bonds is 5. The minimum Gasteiger partial charge on any atom is -0.417 e. The second-order valence-corrected chi connectivity index (χ2v) is 6.41. The summed E-state index contributed by atoms with van der Waals surface area (Å²) in [7, 11) is 1.11. The standard InChI is InChI=1S/C10H9F5N4OS2/c1-4-16-17-9(22-4)21-3-5-6(10(13,14)15)18-19(2)7(5)20-8(11)12/h8H,3H2,1-2H3. The predicted octanol–water partition coefficient (Wildman–Crippen LogP) is 3.49. The quantitative estimate of drug-likeness (QED) is 0.603. The van der Waals surface area contributed by atoms with Crippen LogP contribution < -0.4 is 4.74 Å². The minimum atomic E-state index is -4.77. The van der Waals surface area contributed by atoms with Gasteiger partial charge in [-0.1, -0.05) is 23.1 Å². The molecule has 0 unspecified atom stereocenters. The molecule has 0 aliphatic heterocycles. The van der Waals surface area contributed by atoms with E-state index < -0.39 is 29.9 Å². The van der Waals surface area contributed by atoms with Crippen LogP contribution in [0.2, 0.25) is 0 Å². The molecular formula is C10H9F5N4OS2. The summed E-state index contributed by atoms with van der Waals surface area (Å²) in [5.74, 6) is -0.879. The van der Waals surface area contributed by atoms with Crippen molar-refractivity contribution in [1.82, 2.24) is 20.0 Å². The smallest absolute Gasteiger partial charge is 0.417 e. The van der Waals surface area contributed by atoms with Crippen molar-refractivity contribution < 1.29 is 26.7 Å². The maximum Gasteiger partial charge on any atom is 0.435 e. The predicted molar refractivity (Wildman–Crippen MR) is 69.0 cm³/mol. The maximum atomic E-state index is 13.0. The normalized spacial score (nSPS) is 12.2. The SMILES string of the molecule is Cc1nnc(SCc2c(C(F)(F)F)nn(C)c2OC(F)F)s1. The van der Waals surface area contributed by atoms with E-state index in [-0.39, 0.29) is 5.75 Å². The molecular weight excluding hydrogens is 351 g/mol. The fraction of sp³-hybridized carbons (Fsp3) is 0.500. The van der Waals surface area contributed by atoms with Crippen molar-refractivity contribution in [2.75, 3.05) is 0 Å². The number of aryl methyl sites for hydroxylation is 2. The molecule has 2 heterocycles. The highest BCUT2D eigenvalue weighted by atomic mass is 32.2. The average Bonchev–Trinajstić information content (AvgIpc) is 2.92. The van der Waals surface area contributed by atoms with Gasteiger partial charge in [-0.3, -0.25) is 0 Å². The molecule has 0 aliphatic rings. The van der Waals surface area contributed by atoms with E-state index in [1.54, 1.807) is 6.92 Å². The number of aromatic nitrogens is 4. The second-order valence-electron chi connectivity index (χ2n) is 4.01. The minimum absolute atomic E-state index is 0.265. The summed E-state index contributed by atoms with van der Waals surface area (Å²) in [6, 6.07) is 0. The van der Waals surface area contributed by atoms with Crippen molar-refractivity contribution in [3.63, 3.8) is 0 Å². The first-order valence-corrected chi connectivity index (χ1v) is 7.49. The summed E-state index contributed by atoms with van der Waals surface area (Å²) in [6.45, 7) is -1.55. The molecule has 0 saturated heterocycles. The average molecular weight is 360 g/mol. The zero-order valence-electron chi connectivity index (χ0n) is 11.2. The van der Waals surface area contributed by atoms with Gasteiger partial charge in [0.25, 0.3) is 0 Å². The molecule has 0 aliphatic carbocycles. The molecule has 0 amide bonds. The van der Waals surface area contributed by atoms with Gasteiger partial charge < -0.3 is 4.74 Å². The van der Waals surface area contributed by atoms with E-state index in [1.807, 2.05) is 0 Å². The van der Waals surface area contributed by atoms with Crippen LogP contribution in [0.4, 0.5) is 22.0 Å². The van der Waals surface area contributed by atoms with E-state index in [0.29, 0.717) is 14.0 Å². The summed E-state index contributed by atoms with van der Waals surface area (Å²) in [5.41, 5.74) is -1.70. The molecule has 0 aromatic carbocycles. The molecule has 5 nitrogen and oxygen atoms in total. The summed E-state index contributed by atoms with van der Waals surface area (Å²) in [4.78, 5) is 0. The van der Waals surface area contributed by atoms with E-state index in [1.165, 1.54) is 11.3 Å².